The Morgan fingerprint density at radius 2 is 2.04 bits per heavy atom. The zero-order valence-electron chi connectivity index (χ0n) is 14.5. The first-order chi connectivity index (χ1) is 13.0. The molecule has 2 heterocycles. The van der Waals surface area contributed by atoms with Crippen molar-refractivity contribution in [2.75, 3.05) is 16.8 Å². The van der Waals surface area contributed by atoms with Crippen LogP contribution >= 0.6 is 11.3 Å². The molecule has 4 rings (SSSR count). The Bertz CT molecular complexity index is 1050. The number of carbonyl (C=O) groups excluding carboxylic acids is 2. The molecule has 1 N–H and O–H groups in total. The molecule has 0 spiro atoms. The maximum atomic E-state index is 13.7. The highest BCUT2D eigenvalue weighted by Crippen LogP contribution is 2.33. The van der Waals surface area contributed by atoms with Gasteiger partial charge in [0, 0.05) is 30.1 Å². The number of hydrogen-bond acceptors (Lipinski definition) is 4. The van der Waals surface area contributed by atoms with Gasteiger partial charge in [0.25, 0.3) is 5.91 Å². The van der Waals surface area contributed by atoms with Crippen LogP contribution in [-0.4, -0.2) is 23.3 Å². The number of halogens is 1. The summed E-state index contributed by atoms with van der Waals surface area (Å²) in [5.41, 5.74) is 3.67. The minimum atomic E-state index is -0.569. The molecule has 2 amide bonds. The normalized spacial score (nSPS) is 12.7. The third kappa shape index (κ3) is 3.33. The molecule has 0 bridgehead atoms. The fraction of sp³-hybridized carbons (Fsp3) is 0.150. The molecular weight excluding hydrogens is 365 g/mol. The van der Waals surface area contributed by atoms with Crippen molar-refractivity contribution in [3.05, 3.63) is 64.8 Å². The van der Waals surface area contributed by atoms with Gasteiger partial charge in [-0.2, -0.15) is 0 Å². The molecule has 1 aliphatic rings. The van der Waals surface area contributed by atoms with Gasteiger partial charge in [-0.3, -0.25) is 14.9 Å². The van der Waals surface area contributed by atoms with E-state index in [0.717, 1.165) is 28.9 Å². The van der Waals surface area contributed by atoms with Crippen molar-refractivity contribution in [2.24, 2.45) is 0 Å². The summed E-state index contributed by atoms with van der Waals surface area (Å²) in [5.74, 6) is -1.06. The number of fused-ring (bicyclic) bond motifs is 1. The monoisotopic (exact) mass is 381 g/mol. The second-order valence-electron chi connectivity index (χ2n) is 6.24. The molecule has 5 nitrogen and oxygen atoms in total. The Morgan fingerprint density at radius 1 is 1.22 bits per heavy atom. The molecule has 0 saturated carbocycles. The van der Waals surface area contributed by atoms with Crippen molar-refractivity contribution in [3.8, 4) is 11.3 Å². The smallest absolute Gasteiger partial charge is 0.260 e. The number of thiazole rings is 1. The van der Waals surface area contributed by atoms with E-state index in [2.05, 4.69) is 10.3 Å². The van der Waals surface area contributed by atoms with Crippen LogP contribution in [-0.2, 0) is 11.2 Å². The fourth-order valence-corrected chi connectivity index (χ4v) is 3.88. The van der Waals surface area contributed by atoms with Gasteiger partial charge in [-0.1, -0.05) is 18.2 Å². The molecule has 27 heavy (non-hydrogen) atoms. The Kier molecular flexibility index (Phi) is 4.45. The number of nitrogens with zero attached hydrogens (tertiary/aromatic N) is 2. The first-order valence-electron chi connectivity index (χ1n) is 8.46. The van der Waals surface area contributed by atoms with Crippen LogP contribution in [0, 0.1) is 5.82 Å². The van der Waals surface area contributed by atoms with E-state index in [0.29, 0.717) is 11.7 Å². The van der Waals surface area contributed by atoms with E-state index >= 15 is 0 Å². The number of benzene rings is 2. The molecule has 0 aliphatic carbocycles. The number of nitrogens with one attached hydrogen (secondary N) is 1. The Morgan fingerprint density at radius 3 is 2.81 bits per heavy atom. The fourth-order valence-electron chi connectivity index (χ4n) is 3.16. The number of aromatic nitrogens is 1. The summed E-state index contributed by atoms with van der Waals surface area (Å²) >= 11 is 1.28. The second kappa shape index (κ2) is 6.92. The van der Waals surface area contributed by atoms with Crippen LogP contribution in [0.2, 0.25) is 0 Å². The zero-order chi connectivity index (χ0) is 19.0. The number of amides is 2. The molecule has 0 saturated heterocycles. The van der Waals surface area contributed by atoms with Crippen molar-refractivity contribution in [1.29, 1.82) is 0 Å². The summed E-state index contributed by atoms with van der Waals surface area (Å²) in [6.45, 7) is 2.25. The summed E-state index contributed by atoms with van der Waals surface area (Å²) in [6, 6.07) is 11.7. The van der Waals surface area contributed by atoms with Gasteiger partial charge in [0.2, 0.25) is 5.91 Å². The Balaban J connectivity index is 1.54. The molecule has 1 aromatic heterocycles. The van der Waals surface area contributed by atoms with Crippen molar-refractivity contribution in [1.82, 2.24) is 4.98 Å². The predicted molar refractivity (Wildman–Crippen MR) is 104 cm³/mol. The number of hydrogen-bond donors (Lipinski definition) is 1. The molecule has 2 aromatic carbocycles. The maximum absolute atomic E-state index is 13.7. The number of anilines is 2. The highest BCUT2D eigenvalue weighted by molar-refractivity contribution is 7.14. The highest BCUT2D eigenvalue weighted by atomic mass is 32.1. The standard InChI is InChI=1S/C20H16FN3O2S/c1-12(25)24-9-8-14-10-13(6-7-18(14)24)17-11-27-20(22-17)23-19(26)15-4-2-3-5-16(15)21/h2-7,10-11H,8-9H2,1H3,(H,22,23,26). The van der Waals surface area contributed by atoms with Crippen LogP contribution in [0.1, 0.15) is 22.8 Å². The first kappa shape index (κ1) is 17.4. The molecule has 136 valence electrons. The van der Waals surface area contributed by atoms with Gasteiger partial charge in [-0.05, 0) is 36.2 Å². The molecule has 0 fully saturated rings. The van der Waals surface area contributed by atoms with E-state index in [-0.39, 0.29) is 11.5 Å². The topological polar surface area (TPSA) is 62.3 Å². The molecule has 3 aromatic rings. The zero-order valence-corrected chi connectivity index (χ0v) is 15.3. The summed E-state index contributed by atoms with van der Waals surface area (Å²) in [4.78, 5) is 30.1. The van der Waals surface area contributed by atoms with Gasteiger partial charge >= 0.3 is 0 Å². The summed E-state index contributed by atoms with van der Waals surface area (Å²) in [7, 11) is 0. The van der Waals surface area contributed by atoms with Crippen LogP contribution in [0.3, 0.4) is 0 Å². The van der Waals surface area contributed by atoms with Gasteiger partial charge in [0.15, 0.2) is 5.13 Å². The average molecular weight is 381 g/mol. The van der Waals surface area contributed by atoms with Crippen LogP contribution in [0.5, 0.6) is 0 Å². The minimum absolute atomic E-state index is 0.0175. The lowest BCUT2D eigenvalue weighted by molar-refractivity contribution is -0.116. The maximum Gasteiger partial charge on any atom is 0.260 e. The molecule has 0 unspecified atom stereocenters. The summed E-state index contributed by atoms with van der Waals surface area (Å²) in [6.07, 6.45) is 0.809. The quantitative estimate of drug-likeness (QED) is 0.743. The lowest BCUT2D eigenvalue weighted by Gasteiger charge is -2.14. The lowest BCUT2D eigenvalue weighted by Crippen LogP contribution is -2.25. The minimum Gasteiger partial charge on any atom is -0.312 e. The molecular formula is C20H16FN3O2S. The van der Waals surface area contributed by atoms with E-state index in [1.165, 1.54) is 29.5 Å². The van der Waals surface area contributed by atoms with Gasteiger partial charge in [-0.15, -0.1) is 11.3 Å². The largest absolute Gasteiger partial charge is 0.312 e. The molecule has 7 heteroatoms. The van der Waals surface area contributed by atoms with Gasteiger partial charge in [0.05, 0.1) is 11.3 Å². The second-order valence-corrected chi connectivity index (χ2v) is 7.09. The lowest BCUT2D eigenvalue weighted by atomic mass is 10.1. The third-order valence-electron chi connectivity index (χ3n) is 4.49. The third-order valence-corrected chi connectivity index (χ3v) is 5.25. The SMILES string of the molecule is CC(=O)N1CCc2cc(-c3csc(NC(=O)c4ccccc4F)n3)ccc21. The predicted octanol–water partition coefficient (Wildman–Crippen LogP) is 4.11. The number of carbonyl (C=O) groups is 2. The van der Waals surface area contributed by atoms with Crippen molar-refractivity contribution >= 4 is 34.0 Å². The Labute approximate surface area is 159 Å². The van der Waals surface area contributed by atoms with Crippen molar-refractivity contribution < 1.29 is 14.0 Å². The van der Waals surface area contributed by atoms with E-state index in [1.807, 2.05) is 23.6 Å². The highest BCUT2D eigenvalue weighted by Gasteiger charge is 2.22. The summed E-state index contributed by atoms with van der Waals surface area (Å²) in [5, 5.41) is 4.89. The first-order valence-corrected chi connectivity index (χ1v) is 9.33. The van der Waals surface area contributed by atoms with Crippen LogP contribution in [0.25, 0.3) is 11.3 Å². The van der Waals surface area contributed by atoms with Gasteiger partial charge < -0.3 is 4.90 Å². The number of rotatable bonds is 3. The average Bonchev–Trinajstić information content (AvgIpc) is 3.28. The van der Waals surface area contributed by atoms with E-state index in [4.69, 9.17) is 0 Å². The summed E-state index contributed by atoms with van der Waals surface area (Å²) < 4.78 is 13.7. The van der Waals surface area contributed by atoms with E-state index < -0.39 is 11.7 Å². The van der Waals surface area contributed by atoms with Gasteiger partial charge in [0.1, 0.15) is 5.82 Å². The van der Waals surface area contributed by atoms with Crippen LogP contribution in [0.4, 0.5) is 15.2 Å². The molecule has 0 radical (unpaired) electrons. The van der Waals surface area contributed by atoms with Crippen LogP contribution in [0.15, 0.2) is 47.8 Å². The molecule has 0 atom stereocenters. The van der Waals surface area contributed by atoms with Gasteiger partial charge in [-0.25, -0.2) is 9.37 Å². The van der Waals surface area contributed by atoms with E-state index in [9.17, 15) is 14.0 Å². The van der Waals surface area contributed by atoms with E-state index in [1.54, 1.807) is 17.9 Å². The molecule has 1 aliphatic heterocycles. The Hall–Kier alpha value is -3.06. The van der Waals surface area contributed by atoms with Crippen LogP contribution < -0.4 is 10.2 Å². The van der Waals surface area contributed by atoms with Crippen molar-refractivity contribution in [2.45, 2.75) is 13.3 Å². The van der Waals surface area contributed by atoms with Crippen molar-refractivity contribution in [3.63, 3.8) is 0 Å².